The van der Waals surface area contributed by atoms with E-state index in [-0.39, 0.29) is 0 Å². The summed E-state index contributed by atoms with van der Waals surface area (Å²) in [6.45, 7) is 2.95. The van der Waals surface area contributed by atoms with Gasteiger partial charge in [-0.2, -0.15) is 10.4 Å². The maximum absolute atomic E-state index is 8.70. The van der Waals surface area contributed by atoms with E-state index in [2.05, 4.69) is 26.3 Å². The van der Waals surface area contributed by atoms with Crippen LogP contribution in [-0.4, -0.2) is 32.0 Å². The Labute approximate surface area is 127 Å². The Kier molecular flexibility index (Phi) is 3.70. The van der Waals surface area contributed by atoms with Crippen LogP contribution in [0.2, 0.25) is 0 Å². The fourth-order valence-electron chi connectivity index (χ4n) is 2.31. The zero-order chi connectivity index (χ0) is 15.5. The predicted molar refractivity (Wildman–Crippen MR) is 78.9 cm³/mol. The molecule has 112 valence electrons. The second kappa shape index (κ2) is 5.81. The van der Waals surface area contributed by atoms with E-state index in [0.717, 1.165) is 28.3 Å². The van der Waals surface area contributed by atoms with E-state index in [1.54, 1.807) is 10.9 Å². The Balaban J connectivity index is 1.90. The van der Waals surface area contributed by atoms with Crippen molar-refractivity contribution >= 4 is 16.9 Å². The summed E-state index contributed by atoms with van der Waals surface area (Å²) in [7, 11) is 1.93. The van der Waals surface area contributed by atoms with Crippen molar-refractivity contribution in [1.82, 2.24) is 24.9 Å². The number of aryl methyl sites for hydroxylation is 2. The zero-order valence-electron chi connectivity index (χ0n) is 12.4. The summed E-state index contributed by atoms with van der Waals surface area (Å²) in [6, 6.07) is 4.00. The maximum atomic E-state index is 8.70. The average molecular weight is 297 g/mol. The van der Waals surface area contributed by atoms with E-state index in [0.29, 0.717) is 19.5 Å². The van der Waals surface area contributed by atoms with Gasteiger partial charge in [0.15, 0.2) is 5.65 Å². The highest BCUT2D eigenvalue weighted by molar-refractivity contribution is 5.86. The molecule has 0 fully saturated rings. The van der Waals surface area contributed by atoms with Crippen molar-refractivity contribution < 1.29 is 4.52 Å². The molecule has 0 spiro atoms. The summed E-state index contributed by atoms with van der Waals surface area (Å²) in [4.78, 5) is 10.6. The lowest BCUT2D eigenvalue weighted by Crippen LogP contribution is -2.18. The summed E-state index contributed by atoms with van der Waals surface area (Å²) in [5, 5.41) is 17.8. The fourth-order valence-corrected chi connectivity index (χ4v) is 2.31. The minimum Gasteiger partial charge on any atom is -0.361 e. The molecule has 3 heterocycles. The van der Waals surface area contributed by atoms with Crippen molar-refractivity contribution in [2.24, 2.45) is 0 Å². The van der Waals surface area contributed by atoms with Gasteiger partial charge in [-0.25, -0.2) is 14.6 Å². The third-order valence-corrected chi connectivity index (χ3v) is 3.29. The van der Waals surface area contributed by atoms with E-state index in [9.17, 15) is 0 Å². The molecule has 0 aliphatic heterocycles. The number of nitrogens with zero attached hydrogens (tertiary/aromatic N) is 7. The van der Waals surface area contributed by atoms with Gasteiger partial charge in [0.1, 0.15) is 23.6 Å². The first-order valence-corrected chi connectivity index (χ1v) is 6.86. The Bertz CT molecular complexity index is 829. The van der Waals surface area contributed by atoms with Crippen molar-refractivity contribution in [3.05, 3.63) is 30.0 Å². The average Bonchev–Trinajstić information content (AvgIpc) is 3.11. The molecule has 0 atom stereocenters. The van der Waals surface area contributed by atoms with Crippen LogP contribution in [0, 0.1) is 18.3 Å². The van der Waals surface area contributed by atoms with Gasteiger partial charge in [-0.15, -0.1) is 0 Å². The predicted octanol–water partition coefficient (Wildman–Crippen LogP) is 1.67. The van der Waals surface area contributed by atoms with Gasteiger partial charge in [-0.05, 0) is 6.92 Å². The van der Waals surface area contributed by atoms with Gasteiger partial charge in [0.2, 0.25) is 0 Å². The van der Waals surface area contributed by atoms with Crippen LogP contribution in [-0.2, 0) is 13.1 Å². The summed E-state index contributed by atoms with van der Waals surface area (Å²) >= 11 is 0. The molecule has 0 aliphatic carbocycles. The Morgan fingerprint density at radius 2 is 2.27 bits per heavy atom. The van der Waals surface area contributed by atoms with Crippen LogP contribution < -0.4 is 4.90 Å². The van der Waals surface area contributed by atoms with Crippen LogP contribution in [0.1, 0.15) is 17.9 Å². The van der Waals surface area contributed by atoms with Crippen molar-refractivity contribution in [2.45, 2.75) is 26.4 Å². The van der Waals surface area contributed by atoms with Crippen molar-refractivity contribution in [3.8, 4) is 6.07 Å². The van der Waals surface area contributed by atoms with Gasteiger partial charge in [-0.1, -0.05) is 5.16 Å². The molecule has 22 heavy (non-hydrogen) atoms. The van der Waals surface area contributed by atoms with E-state index in [4.69, 9.17) is 9.78 Å². The second-order valence-corrected chi connectivity index (χ2v) is 5.00. The van der Waals surface area contributed by atoms with Gasteiger partial charge in [0.05, 0.1) is 37.2 Å². The molecule has 3 aromatic rings. The van der Waals surface area contributed by atoms with Gasteiger partial charge in [-0.3, -0.25) is 0 Å². The molecule has 8 heteroatoms. The van der Waals surface area contributed by atoms with E-state index in [1.807, 2.05) is 24.9 Å². The van der Waals surface area contributed by atoms with Gasteiger partial charge < -0.3 is 9.42 Å². The number of aromatic nitrogens is 5. The number of hydrogen-bond acceptors (Lipinski definition) is 7. The van der Waals surface area contributed by atoms with E-state index >= 15 is 0 Å². The molecule has 0 saturated heterocycles. The van der Waals surface area contributed by atoms with Crippen LogP contribution in [0.4, 0.5) is 5.82 Å². The third kappa shape index (κ3) is 2.61. The molecule has 0 radical (unpaired) electrons. The van der Waals surface area contributed by atoms with Crippen LogP contribution in [0.15, 0.2) is 23.1 Å². The lowest BCUT2D eigenvalue weighted by Gasteiger charge is -2.16. The summed E-state index contributed by atoms with van der Waals surface area (Å²) < 4.78 is 6.80. The number of fused-ring (bicyclic) bond motifs is 1. The Morgan fingerprint density at radius 3 is 3.00 bits per heavy atom. The molecule has 0 N–H and O–H groups in total. The molecule has 0 saturated carbocycles. The highest BCUT2D eigenvalue weighted by atomic mass is 16.5. The summed E-state index contributed by atoms with van der Waals surface area (Å²) in [5.74, 6) is 1.55. The largest absolute Gasteiger partial charge is 0.361 e. The molecule has 0 amide bonds. The topological polar surface area (TPSA) is 96.7 Å². The molecule has 0 aliphatic rings. The second-order valence-electron chi connectivity index (χ2n) is 5.00. The molecular weight excluding hydrogens is 282 g/mol. The Morgan fingerprint density at radius 1 is 1.41 bits per heavy atom. The first kappa shape index (κ1) is 14.0. The number of rotatable bonds is 5. The highest BCUT2D eigenvalue weighted by Gasteiger charge is 2.14. The van der Waals surface area contributed by atoms with Crippen LogP contribution in [0.25, 0.3) is 11.0 Å². The van der Waals surface area contributed by atoms with Gasteiger partial charge in [0, 0.05) is 13.1 Å². The van der Waals surface area contributed by atoms with Crippen molar-refractivity contribution in [1.29, 1.82) is 5.26 Å². The van der Waals surface area contributed by atoms with Gasteiger partial charge in [0.25, 0.3) is 0 Å². The Hall–Kier alpha value is -2.95. The van der Waals surface area contributed by atoms with E-state index in [1.165, 1.54) is 6.33 Å². The first-order chi connectivity index (χ1) is 10.7. The number of nitriles is 1. The third-order valence-electron chi connectivity index (χ3n) is 3.29. The minimum absolute atomic E-state index is 0.393. The van der Waals surface area contributed by atoms with Crippen LogP contribution in [0.5, 0.6) is 0 Å². The number of anilines is 1. The van der Waals surface area contributed by atoms with Crippen molar-refractivity contribution in [2.75, 3.05) is 11.9 Å². The molecular formula is C14H15N7O. The summed E-state index contributed by atoms with van der Waals surface area (Å²) in [5.41, 5.74) is 1.56. The maximum Gasteiger partial charge on any atom is 0.163 e. The first-order valence-electron chi connectivity index (χ1n) is 6.86. The molecule has 3 aromatic heterocycles. The minimum atomic E-state index is 0.393. The smallest absolute Gasteiger partial charge is 0.163 e. The van der Waals surface area contributed by atoms with E-state index < -0.39 is 0 Å². The van der Waals surface area contributed by atoms with Gasteiger partial charge >= 0.3 is 0 Å². The normalized spacial score (nSPS) is 10.8. The monoisotopic (exact) mass is 297 g/mol. The molecule has 0 aromatic carbocycles. The SMILES string of the molecule is Cc1cc(CN(C)c2ncnc3c2cnn3CCC#N)no1. The molecule has 8 nitrogen and oxygen atoms in total. The lowest BCUT2D eigenvalue weighted by atomic mass is 10.3. The lowest BCUT2D eigenvalue weighted by molar-refractivity contribution is 0.390. The highest BCUT2D eigenvalue weighted by Crippen LogP contribution is 2.23. The molecule has 3 rings (SSSR count). The van der Waals surface area contributed by atoms with Crippen LogP contribution in [0.3, 0.4) is 0 Å². The quantitative estimate of drug-likeness (QED) is 0.706. The standard InChI is InChI=1S/C14H15N7O/c1-10-6-11(19-22-10)8-20(2)13-12-7-18-21(5-3-4-15)14(12)17-9-16-13/h6-7,9H,3,5,8H2,1-2H3. The zero-order valence-corrected chi connectivity index (χ0v) is 12.4. The van der Waals surface area contributed by atoms with Crippen molar-refractivity contribution in [3.63, 3.8) is 0 Å². The molecule has 0 unspecified atom stereocenters. The van der Waals surface area contributed by atoms with Crippen LogP contribution >= 0.6 is 0 Å². The number of hydrogen-bond donors (Lipinski definition) is 0. The fraction of sp³-hybridized carbons (Fsp3) is 0.357. The molecule has 0 bridgehead atoms. The summed E-state index contributed by atoms with van der Waals surface area (Å²) in [6.07, 6.45) is 3.63.